The van der Waals surface area contributed by atoms with Gasteiger partial charge in [-0.1, -0.05) is 0 Å². The van der Waals surface area contributed by atoms with Crippen LogP contribution in [0.3, 0.4) is 0 Å². The van der Waals surface area contributed by atoms with E-state index in [0.717, 1.165) is 17.1 Å². The van der Waals surface area contributed by atoms with Crippen LogP contribution in [-0.2, 0) is 9.53 Å². The predicted molar refractivity (Wildman–Crippen MR) is 85.6 cm³/mol. The lowest BCUT2D eigenvalue weighted by atomic mass is 10.3. The average molecular weight is 333 g/mol. The van der Waals surface area contributed by atoms with Crippen LogP contribution < -0.4 is 10.1 Å². The molecule has 0 radical (unpaired) electrons. The lowest BCUT2D eigenvalue weighted by Crippen LogP contribution is -2.28. The van der Waals surface area contributed by atoms with Crippen molar-refractivity contribution in [1.82, 2.24) is 15.1 Å². The summed E-state index contributed by atoms with van der Waals surface area (Å²) in [6.07, 6.45) is 0. The number of methoxy groups -OCH3 is 1. The van der Waals surface area contributed by atoms with Gasteiger partial charge in [0.15, 0.2) is 5.69 Å². The Morgan fingerprint density at radius 1 is 1.29 bits per heavy atom. The van der Waals surface area contributed by atoms with Gasteiger partial charge < -0.3 is 19.9 Å². The molecule has 8 heteroatoms. The zero-order valence-corrected chi connectivity index (χ0v) is 13.5. The normalized spacial score (nSPS) is 10.4. The molecule has 1 aromatic heterocycles. The van der Waals surface area contributed by atoms with E-state index in [-0.39, 0.29) is 31.4 Å². The van der Waals surface area contributed by atoms with E-state index in [4.69, 9.17) is 14.6 Å². The van der Waals surface area contributed by atoms with Crippen LogP contribution in [0.5, 0.6) is 5.75 Å². The largest absolute Gasteiger partial charge is 0.497 e. The van der Waals surface area contributed by atoms with Gasteiger partial charge in [0.05, 0.1) is 19.4 Å². The van der Waals surface area contributed by atoms with Crippen molar-refractivity contribution >= 4 is 11.9 Å². The number of hydrogen-bond donors (Lipinski definition) is 2. The highest BCUT2D eigenvalue weighted by Crippen LogP contribution is 2.16. The maximum Gasteiger partial charge on any atom is 0.329 e. The number of aromatic nitrogens is 2. The quantitative estimate of drug-likeness (QED) is 0.699. The third-order valence-electron chi connectivity index (χ3n) is 3.19. The summed E-state index contributed by atoms with van der Waals surface area (Å²) >= 11 is 0. The molecule has 2 aromatic rings. The van der Waals surface area contributed by atoms with Crippen LogP contribution in [-0.4, -0.2) is 53.6 Å². The lowest BCUT2D eigenvalue weighted by Gasteiger charge is -2.05. The number of nitrogens with one attached hydrogen (secondary N) is 1. The van der Waals surface area contributed by atoms with Gasteiger partial charge in [0, 0.05) is 12.2 Å². The molecule has 0 fully saturated rings. The predicted octanol–water partition coefficient (Wildman–Crippen LogP) is 1.02. The Labute approximate surface area is 139 Å². The smallest absolute Gasteiger partial charge is 0.329 e. The Morgan fingerprint density at radius 3 is 2.62 bits per heavy atom. The van der Waals surface area contributed by atoms with Crippen molar-refractivity contribution in [3.63, 3.8) is 0 Å². The zero-order valence-electron chi connectivity index (χ0n) is 13.5. The number of nitrogens with zero attached hydrogens (tertiary/aromatic N) is 2. The van der Waals surface area contributed by atoms with E-state index in [1.54, 1.807) is 17.9 Å². The molecule has 2 rings (SSSR count). The monoisotopic (exact) mass is 333 g/mol. The fourth-order valence-electron chi connectivity index (χ4n) is 2.06. The first-order valence-electron chi connectivity index (χ1n) is 7.30. The number of carboxylic acids is 1. The molecule has 2 N–H and O–H groups in total. The Kier molecular flexibility index (Phi) is 5.91. The molecule has 1 amide bonds. The number of benzene rings is 1. The van der Waals surface area contributed by atoms with Crippen LogP contribution in [0, 0.1) is 6.92 Å². The van der Waals surface area contributed by atoms with Crippen molar-refractivity contribution < 1.29 is 24.2 Å². The van der Waals surface area contributed by atoms with Crippen LogP contribution in [0.4, 0.5) is 0 Å². The summed E-state index contributed by atoms with van der Waals surface area (Å²) in [5.41, 5.74) is 1.91. The van der Waals surface area contributed by atoms with Crippen LogP contribution in [0.1, 0.15) is 16.2 Å². The average Bonchev–Trinajstić information content (AvgIpc) is 2.96. The van der Waals surface area contributed by atoms with E-state index in [2.05, 4.69) is 10.4 Å². The molecule has 0 aliphatic rings. The summed E-state index contributed by atoms with van der Waals surface area (Å²) in [6.45, 7) is 1.79. The van der Waals surface area contributed by atoms with Crippen molar-refractivity contribution in [1.29, 1.82) is 0 Å². The molecule has 1 aromatic carbocycles. The molecule has 0 aliphatic heterocycles. The Morgan fingerprint density at radius 2 is 2.00 bits per heavy atom. The minimum absolute atomic E-state index is 0.121. The number of aliphatic carboxylic acids is 1. The number of carbonyl (C=O) groups is 2. The zero-order chi connectivity index (χ0) is 17.5. The van der Waals surface area contributed by atoms with Gasteiger partial charge in [0.25, 0.3) is 5.91 Å². The van der Waals surface area contributed by atoms with Crippen molar-refractivity contribution in [2.24, 2.45) is 0 Å². The Balaban J connectivity index is 1.97. The third-order valence-corrected chi connectivity index (χ3v) is 3.19. The molecule has 0 atom stereocenters. The van der Waals surface area contributed by atoms with Crippen molar-refractivity contribution in [3.05, 3.63) is 41.7 Å². The first-order valence-corrected chi connectivity index (χ1v) is 7.30. The second kappa shape index (κ2) is 8.11. The fourth-order valence-corrected chi connectivity index (χ4v) is 2.06. The van der Waals surface area contributed by atoms with E-state index in [9.17, 15) is 9.59 Å². The number of hydrogen-bond acceptors (Lipinski definition) is 5. The maximum absolute atomic E-state index is 12.1. The van der Waals surface area contributed by atoms with Gasteiger partial charge in [-0.2, -0.15) is 5.10 Å². The summed E-state index contributed by atoms with van der Waals surface area (Å²) in [4.78, 5) is 22.4. The number of carboxylic acid groups (broad SMARTS) is 1. The van der Waals surface area contributed by atoms with Crippen molar-refractivity contribution in [2.75, 3.05) is 26.9 Å². The molecule has 8 nitrogen and oxygen atoms in total. The second-order valence-corrected chi connectivity index (χ2v) is 4.98. The molecule has 128 valence electrons. The standard InChI is InChI=1S/C16H19N3O5/c1-11-9-14(16(22)17-7-8-24-10-15(20)21)18-19(11)12-3-5-13(23-2)6-4-12/h3-6,9H,7-8,10H2,1-2H3,(H,17,22)(H,20,21). The van der Waals surface area contributed by atoms with Crippen LogP contribution in [0.2, 0.25) is 0 Å². The summed E-state index contributed by atoms with van der Waals surface area (Å²) in [5, 5.41) is 15.4. The molecule has 1 heterocycles. The van der Waals surface area contributed by atoms with Crippen LogP contribution in [0.15, 0.2) is 30.3 Å². The van der Waals surface area contributed by atoms with Gasteiger partial charge in [-0.3, -0.25) is 4.79 Å². The van der Waals surface area contributed by atoms with Gasteiger partial charge >= 0.3 is 5.97 Å². The minimum atomic E-state index is -1.05. The number of aryl methyl sites for hydroxylation is 1. The van der Waals surface area contributed by atoms with Crippen LogP contribution >= 0.6 is 0 Å². The minimum Gasteiger partial charge on any atom is -0.497 e. The van der Waals surface area contributed by atoms with E-state index in [1.807, 2.05) is 31.2 Å². The van der Waals surface area contributed by atoms with Gasteiger partial charge in [-0.15, -0.1) is 0 Å². The first-order chi connectivity index (χ1) is 11.5. The lowest BCUT2D eigenvalue weighted by molar-refractivity contribution is -0.142. The number of amides is 1. The third kappa shape index (κ3) is 4.56. The van der Waals surface area contributed by atoms with E-state index < -0.39 is 5.97 Å². The fraction of sp³-hybridized carbons (Fsp3) is 0.312. The van der Waals surface area contributed by atoms with E-state index in [0.29, 0.717) is 0 Å². The van der Waals surface area contributed by atoms with Gasteiger partial charge in [-0.25, -0.2) is 9.48 Å². The SMILES string of the molecule is COc1ccc(-n2nc(C(=O)NCCOCC(=O)O)cc2C)cc1. The number of ether oxygens (including phenoxy) is 2. The molecule has 0 spiro atoms. The Bertz CT molecular complexity index is 709. The topological polar surface area (TPSA) is 103 Å². The molecule has 0 saturated carbocycles. The molecule has 0 saturated heterocycles. The first kappa shape index (κ1) is 17.5. The van der Waals surface area contributed by atoms with E-state index in [1.165, 1.54) is 0 Å². The van der Waals surface area contributed by atoms with Crippen LogP contribution in [0.25, 0.3) is 5.69 Å². The highest BCUT2D eigenvalue weighted by molar-refractivity contribution is 5.92. The highest BCUT2D eigenvalue weighted by Gasteiger charge is 2.13. The van der Waals surface area contributed by atoms with Gasteiger partial charge in [-0.05, 0) is 37.3 Å². The maximum atomic E-state index is 12.1. The molecule has 0 unspecified atom stereocenters. The summed E-state index contributed by atoms with van der Waals surface area (Å²) in [6, 6.07) is 9.00. The van der Waals surface area contributed by atoms with E-state index >= 15 is 0 Å². The Hall–Kier alpha value is -2.87. The van der Waals surface area contributed by atoms with Gasteiger partial charge in [0.2, 0.25) is 0 Å². The number of rotatable bonds is 8. The summed E-state index contributed by atoms with van der Waals surface area (Å²) in [5.74, 6) is -0.651. The summed E-state index contributed by atoms with van der Waals surface area (Å²) < 4.78 is 11.6. The molecular formula is C16H19N3O5. The number of carbonyl (C=O) groups excluding carboxylic acids is 1. The van der Waals surface area contributed by atoms with Crippen molar-refractivity contribution in [3.8, 4) is 11.4 Å². The molecule has 0 aliphatic carbocycles. The molecule has 0 bridgehead atoms. The van der Waals surface area contributed by atoms with Crippen molar-refractivity contribution in [2.45, 2.75) is 6.92 Å². The van der Waals surface area contributed by atoms with Gasteiger partial charge in [0.1, 0.15) is 12.4 Å². The highest BCUT2D eigenvalue weighted by atomic mass is 16.5. The molecular weight excluding hydrogens is 314 g/mol. The second-order valence-electron chi connectivity index (χ2n) is 4.98. The molecule has 24 heavy (non-hydrogen) atoms. The summed E-state index contributed by atoms with van der Waals surface area (Å²) in [7, 11) is 1.59.